The number of furan rings is 1. The molecule has 0 aliphatic carbocycles. The minimum Gasteiger partial charge on any atom is -0.469 e. The Labute approximate surface area is 141 Å². The number of aryl methyl sites for hydroxylation is 1. The largest absolute Gasteiger partial charge is 0.469 e. The van der Waals surface area contributed by atoms with Gasteiger partial charge in [0.05, 0.1) is 19.0 Å². The number of amides is 1. The summed E-state index contributed by atoms with van der Waals surface area (Å²) >= 11 is 6.20. The van der Waals surface area contributed by atoms with Crippen LogP contribution in [0.25, 0.3) is 0 Å². The van der Waals surface area contributed by atoms with E-state index in [2.05, 4.69) is 0 Å². The lowest BCUT2D eigenvalue weighted by Crippen LogP contribution is -2.46. The lowest BCUT2D eigenvalue weighted by molar-refractivity contribution is -0.138. The Morgan fingerprint density at radius 3 is 2.91 bits per heavy atom. The molecule has 122 valence electrons. The second-order valence-electron chi connectivity index (χ2n) is 5.71. The summed E-state index contributed by atoms with van der Waals surface area (Å²) in [7, 11) is 0. The molecule has 0 spiro atoms. The summed E-state index contributed by atoms with van der Waals surface area (Å²) in [6.45, 7) is 1.83. The Bertz CT molecular complexity index is 641. The van der Waals surface area contributed by atoms with Crippen LogP contribution in [0.3, 0.4) is 0 Å². The molecule has 1 saturated heterocycles. The van der Waals surface area contributed by atoms with E-state index in [0.29, 0.717) is 32.5 Å². The van der Waals surface area contributed by atoms with E-state index in [9.17, 15) is 4.79 Å². The first-order valence-corrected chi connectivity index (χ1v) is 8.25. The summed E-state index contributed by atoms with van der Waals surface area (Å²) in [6, 6.07) is 11.5. The van der Waals surface area contributed by atoms with Crippen LogP contribution in [0.5, 0.6) is 0 Å². The smallest absolute Gasteiger partial charge is 0.223 e. The maximum atomic E-state index is 12.4. The van der Waals surface area contributed by atoms with Crippen molar-refractivity contribution in [2.24, 2.45) is 0 Å². The Balaban J connectivity index is 1.53. The van der Waals surface area contributed by atoms with Gasteiger partial charge in [-0.15, -0.1) is 0 Å². The van der Waals surface area contributed by atoms with E-state index in [1.54, 1.807) is 6.26 Å². The maximum Gasteiger partial charge on any atom is 0.223 e. The van der Waals surface area contributed by atoms with E-state index in [4.69, 9.17) is 20.8 Å². The van der Waals surface area contributed by atoms with Gasteiger partial charge in [0.15, 0.2) is 0 Å². The van der Waals surface area contributed by atoms with Gasteiger partial charge in [0.2, 0.25) is 5.91 Å². The van der Waals surface area contributed by atoms with Crippen LogP contribution in [0, 0.1) is 0 Å². The van der Waals surface area contributed by atoms with Crippen LogP contribution in [0.1, 0.15) is 17.7 Å². The van der Waals surface area contributed by atoms with Crippen molar-refractivity contribution < 1.29 is 13.9 Å². The highest BCUT2D eigenvalue weighted by Gasteiger charge is 2.24. The van der Waals surface area contributed by atoms with Gasteiger partial charge in [0.25, 0.3) is 0 Å². The fourth-order valence-electron chi connectivity index (χ4n) is 2.82. The van der Waals surface area contributed by atoms with Gasteiger partial charge in [-0.1, -0.05) is 29.8 Å². The molecule has 1 fully saturated rings. The Hall–Kier alpha value is -1.78. The van der Waals surface area contributed by atoms with E-state index >= 15 is 0 Å². The molecule has 3 rings (SSSR count). The van der Waals surface area contributed by atoms with E-state index in [-0.39, 0.29) is 12.0 Å². The summed E-state index contributed by atoms with van der Waals surface area (Å²) in [6.07, 6.45) is 3.46. The molecular weight excluding hydrogens is 314 g/mol. The zero-order valence-electron chi connectivity index (χ0n) is 12.9. The number of nitrogens with zero attached hydrogens (tertiary/aromatic N) is 1. The van der Waals surface area contributed by atoms with Gasteiger partial charge < -0.3 is 14.1 Å². The molecule has 2 heterocycles. The Kier molecular flexibility index (Phi) is 5.36. The topological polar surface area (TPSA) is 42.7 Å². The van der Waals surface area contributed by atoms with Crippen molar-refractivity contribution in [2.45, 2.75) is 25.4 Å². The third-order valence-electron chi connectivity index (χ3n) is 4.06. The van der Waals surface area contributed by atoms with Crippen LogP contribution in [-0.2, 0) is 22.4 Å². The molecule has 1 aromatic heterocycles. The zero-order chi connectivity index (χ0) is 16.1. The molecule has 1 atom stereocenters. The molecule has 2 aromatic rings. The number of rotatable bonds is 5. The molecule has 0 unspecified atom stereocenters. The maximum absolute atomic E-state index is 12.4. The first-order valence-electron chi connectivity index (χ1n) is 7.87. The average molecular weight is 334 g/mol. The number of benzene rings is 1. The predicted octanol–water partition coefficient (Wildman–Crippen LogP) is 3.34. The lowest BCUT2D eigenvalue weighted by atomic mass is 10.1. The molecule has 5 heteroatoms. The van der Waals surface area contributed by atoms with Crippen molar-refractivity contribution in [1.82, 2.24) is 4.90 Å². The van der Waals surface area contributed by atoms with E-state index in [0.717, 1.165) is 22.8 Å². The van der Waals surface area contributed by atoms with Crippen LogP contribution >= 0.6 is 11.6 Å². The first kappa shape index (κ1) is 16.1. The van der Waals surface area contributed by atoms with Gasteiger partial charge in [0.1, 0.15) is 5.76 Å². The van der Waals surface area contributed by atoms with E-state index in [1.165, 1.54) is 0 Å². The minimum atomic E-state index is -0.00351. The number of hydrogen-bond acceptors (Lipinski definition) is 3. The number of carbonyl (C=O) groups excluding carboxylic acids is 1. The predicted molar refractivity (Wildman–Crippen MR) is 88.5 cm³/mol. The van der Waals surface area contributed by atoms with E-state index < -0.39 is 0 Å². The number of ether oxygens (including phenoxy) is 1. The summed E-state index contributed by atoms with van der Waals surface area (Å²) in [5.41, 5.74) is 1.06. The number of morpholine rings is 1. The summed E-state index contributed by atoms with van der Waals surface area (Å²) in [5, 5.41) is 0.748. The lowest BCUT2D eigenvalue weighted by Gasteiger charge is -2.33. The standard InChI is InChI=1S/C18H20ClNO3/c19-17-6-2-1-4-14(17)12-16-13-20(9-11-23-16)18(21)8-7-15-5-3-10-22-15/h1-6,10,16H,7-9,11-13H2/t16-/m1/s1. The second kappa shape index (κ2) is 7.66. The van der Waals surface area contributed by atoms with Crippen LogP contribution < -0.4 is 0 Å². The monoisotopic (exact) mass is 333 g/mol. The molecule has 0 N–H and O–H groups in total. The minimum absolute atomic E-state index is 0.00351. The number of hydrogen-bond donors (Lipinski definition) is 0. The second-order valence-corrected chi connectivity index (χ2v) is 6.11. The summed E-state index contributed by atoms with van der Waals surface area (Å²) in [4.78, 5) is 14.2. The van der Waals surface area contributed by atoms with Gasteiger partial charge in [0, 0.05) is 37.4 Å². The fraction of sp³-hybridized carbons (Fsp3) is 0.389. The van der Waals surface area contributed by atoms with Gasteiger partial charge in [-0.25, -0.2) is 0 Å². The van der Waals surface area contributed by atoms with Crippen molar-refractivity contribution in [1.29, 1.82) is 0 Å². The molecule has 1 aliphatic heterocycles. The molecule has 0 saturated carbocycles. The van der Waals surface area contributed by atoms with Gasteiger partial charge in [-0.3, -0.25) is 4.79 Å². The Morgan fingerprint density at radius 1 is 1.26 bits per heavy atom. The van der Waals surface area contributed by atoms with Crippen molar-refractivity contribution in [3.63, 3.8) is 0 Å². The SMILES string of the molecule is O=C(CCc1ccco1)N1CCO[C@H](Cc2ccccc2Cl)C1. The first-order chi connectivity index (χ1) is 11.2. The molecule has 1 aliphatic rings. The highest BCUT2D eigenvalue weighted by atomic mass is 35.5. The molecule has 23 heavy (non-hydrogen) atoms. The van der Waals surface area contributed by atoms with Gasteiger partial charge in [-0.2, -0.15) is 0 Å². The molecule has 1 amide bonds. The highest BCUT2D eigenvalue weighted by Crippen LogP contribution is 2.20. The number of carbonyl (C=O) groups is 1. The molecule has 0 bridgehead atoms. The third kappa shape index (κ3) is 4.36. The van der Waals surface area contributed by atoms with Crippen molar-refractivity contribution >= 4 is 17.5 Å². The summed E-state index contributed by atoms with van der Waals surface area (Å²) in [5.74, 6) is 0.994. The van der Waals surface area contributed by atoms with E-state index in [1.807, 2.05) is 41.3 Å². The zero-order valence-corrected chi connectivity index (χ0v) is 13.7. The molecule has 1 aromatic carbocycles. The molecule has 4 nitrogen and oxygen atoms in total. The average Bonchev–Trinajstić information content (AvgIpc) is 3.08. The highest BCUT2D eigenvalue weighted by molar-refractivity contribution is 6.31. The van der Waals surface area contributed by atoms with Gasteiger partial charge in [-0.05, 0) is 23.8 Å². The van der Waals surface area contributed by atoms with Gasteiger partial charge >= 0.3 is 0 Å². The Morgan fingerprint density at radius 2 is 2.13 bits per heavy atom. The quantitative estimate of drug-likeness (QED) is 0.843. The normalized spacial score (nSPS) is 18.1. The molecule has 0 radical (unpaired) electrons. The van der Waals surface area contributed by atoms with Crippen molar-refractivity contribution in [3.8, 4) is 0 Å². The van der Waals surface area contributed by atoms with Crippen LogP contribution in [-0.4, -0.2) is 36.6 Å². The number of halogens is 1. The fourth-order valence-corrected chi connectivity index (χ4v) is 3.03. The van der Waals surface area contributed by atoms with Crippen LogP contribution in [0.4, 0.5) is 0 Å². The van der Waals surface area contributed by atoms with Crippen molar-refractivity contribution in [3.05, 3.63) is 59.0 Å². The van der Waals surface area contributed by atoms with Crippen LogP contribution in [0.15, 0.2) is 47.1 Å². The summed E-state index contributed by atoms with van der Waals surface area (Å²) < 4.78 is 11.1. The molecular formula is C18H20ClNO3. The third-order valence-corrected chi connectivity index (χ3v) is 4.43. The van der Waals surface area contributed by atoms with Crippen molar-refractivity contribution in [2.75, 3.05) is 19.7 Å². The van der Waals surface area contributed by atoms with Crippen LogP contribution in [0.2, 0.25) is 5.02 Å².